The first-order chi connectivity index (χ1) is 12.0. The molecule has 0 aliphatic carbocycles. The Kier molecular flexibility index (Phi) is 5.44. The van der Waals surface area contributed by atoms with Crippen molar-refractivity contribution in [3.05, 3.63) is 41.2 Å². The van der Waals surface area contributed by atoms with Crippen LogP contribution in [0.2, 0.25) is 0 Å². The molecule has 0 aliphatic heterocycles. The summed E-state index contributed by atoms with van der Waals surface area (Å²) in [6.07, 6.45) is 1.64. The molecule has 0 bridgehead atoms. The molecule has 9 heteroatoms. The second-order valence-corrected chi connectivity index (χ2v) is 7.71. The molecule has 0 saturated heterocycles. The molecule has 0 spiro atoms. The smallest absolute Gasteiger partial charge is 0.236 e. The van der Waals surface area contributed by atoms with Crippen LogP contribution < -0.4 is 5.32 Å². The Morgan fingerprint density at radius 3 is 2.68 bits per heavy atom. The Morgan fingerprint density at radius 2 is 2.00 bits per heavy atom. The molecule has 3 aromatic rings. The van der Waals surface area contributed by atoms with Gasteiger partial charge in [-0.25, -0.2) is 0 Å². The highest BCUT2D eigenvalue weighted by Crippen LogP contribution is 2.23. The van der Waals surface area contributed by atoms with E-state index in [1.807, 2.05) is 49.6 Å². The van der Waals surface area contributed by atoms with Crippen molar-refractivity contribution in [1.29, 1.82) is 0 Å². The second-order valence-electron chi connectivity index (χ2n) is 5.76. The Balaban J connectivity index is 1.61. The number of carbonyl (C=O) groups excluding carboxylic acids is 1. The SMILES string of the molecule is Cc1ccc(-n2cnnc2SCC(=O)Nc2nnc(C(C)C)s2)cc1. The average Bonchev–Trinajstić information content (AvgIpc) is 3.23. The highest BCUT2D eigenvalue weighted by Gasteiger charge is 2.13. The van der Waals surface area contributed by atoms with E-state index in [1.165, 1.54) is 28.7 Å². The van der Waals surface area contributed by atoms with E-state index in [2.05, 4.69) is 25.7 Å². The molecule has 2 aromatic heterocycles. The minimum Gasteiger partial charge on any atom is -0.300 e. The van der Waals surface area contributed by atoms with Gasteiger partial charge in [0, 0.05) is 11.6 Å². The van der Waals surface area contributed by atoms with Crippen molar-refractivity contribution in [3.63, 3.8) is 0 Å². The summed E-state index contributed by atoms with van der Waals surface area (Å²) in [6, 6.07) is 8.05. The number of rotatable bonds is 6. The van der Waals surface area contributed by atoms with E-state index in [4.69, 9.17) is 0 Å². The van der Waals surface area contributed by atoms with E-state index < -0.39 is 0 Å². The highest BCUT2D eigenvalue weighted by molar-refractivity contribution is 7.99. The zero-order chi connectivity index (χ0) is 17.8. The summed E-state index contributed by atoms with van der Waals surface area (Å²) in [4.78, 5) is 12.1. The minimum atomic E-state index is -0.144. The van der Waals surface area contributed by atoms with Crippen molar-refractivity contribution in [1.82, 2.24) is 25.0 Å². The number of hydrogen-bond acceptors (Lipinski definition) is 7. The van der Waals surface area contributed by atoms with Gasteiger partial charge in [0.1, 0.15) is 11.3 Å². The summed E-state index contributed by atoms with van der Waals surface area (Å²) < 4.78 is 1.86. The van der Waals surface area contributed by atoms with Crippen LogP contribution in [0.1, 0.15) is 30.3 Å². The maximum atomic E-state index is 12.1. The lowest BCUT2D eigenvalue weighted by Crippen LogP contribution is -2.14. The van der Waals surface area contributed by atoms with Gasteiger partial charge in [-0.1, -0.05) is 54.6 Å². The summed E-state index contributed by atoms with van der Waals surface area (Å²) in [6.45, 7) is 6.12. The van der Waals surface area contributed by atoms with Crippen LogP contribution in [-0.2, 0) is 4.79 Å². The van der Waals surface area contributed by atoms with Gasteiger partial charge < -0.3 is 0 Å². The van der Waals surface area contributed by atoms with E-state index in [1.54, 1.807) is 6.33 Å². The highest BCUT2D eigenvalue weighted by atomic mass is 32.2. The molecule has 25 heavy (non-hydrogen) atoms. The lowest BCUT2D eigenvalue weighted by atomic mass is 10.2. The molecule has 2 heterocycles. The van der Waals surface area contributed by atoms with Crippen molar-refractivity contribution < 1.29 is 4.79 Å². The van der Waals surface area contributed by atoms with E-state index in [0.29, 0.717) is 16.2 Å². The van der Waals surface area contributed by atoms with Crippen LogP contribution in [0.4, 0.5) is 5.13 Å². The molecule has 0 unspecified atom stereocenters. The van der Waals surface area contributed by atoms with E-state index >= 15 is 0 Å². The number of benzene rings is 1. The van der Waals surface area contributed by atoms with Gasteiger partial charge >= 0.3 is 0 Å². The minimum absolute atomic E-state index is 0.144. The first-order valence-electron chi connectivity index (χ1n) is 7.76. The average molecular weight is 374 g/mol. The van der Waals surface area contributed by atoms with Gasteiger partial charge in [-0.2, -0.15) is 0 Å². The van der Waals surface area contributed by atoms with Gasteiger partial charge in [0.15, 0.2) is 5.16 Å². The van der Waals surface area contributed by atoms with E-state index in [-0.39, 0.29) is 11.7 Å². The molecule has 1 amide bonds. The summed E-state index contributed by atoms with van der Waals surface area (Å²) in [7, 11) is 0. The largest absolute Gasteiger partial charge is 0.300 e. The fourth-order valence-electron chi connectivity index (χ4n) is 2.01. The number of nitrogens with zero attached hydrogens (tertiary/aromatic N) is 5. The van der Waals surface area contributed by atoms with Crippen LogP contribution in [0.5, 0.6) is 0 Å². The zero-order valence-electron chi connectivity index (χ0n) is 14.1. The third-order valence-electron chi connectivity index (χ3n) is 3.34. The first kappa shape index (κ1) is 17.6. The summed E-state index contributed by atoms with van der Waals surface area (Å²) >= 11 is 2.72. The van der Waals surface area contributed by atoms with Gasteiger partial charge in [0.25, 0.3) is 0 Å². The molecule has 0 saturated carbocycles. The molecule has 1 N–H and O–H groups in total. The Hall–Kier alpha value is -2.26. The van der Waals surface area contributed by atoms with Gasteiger partial charge in [0.2, 0.25) is 11.0 Å². The molecule has 1 aromatic carbocycles. The fraction of sp³-hybridized carbons (Fsp3) is 0.312. The monoisotopic (exact) mass is 374 g/mol. The molecule has 3 rings (SSSR count). The Labute approximate surface area is 153 Å². The molecular formula is C16H18N6OS2. The van der Waals surface area contributed by atoms with Crippen molar-refractivity contribution in [2.24, 2.45) is 0 Å². The van der Waals surface area contributed by atoms with Gasteiger partial charge in [-0.15, -0.1) is 20.4 Å². The van der Waals surface area contributed by atoms with Gasteiger partial charge in [-0.05, 0) is 19.1 Å². The molecular weight excluding hydrogens is 356 g/mol. The predicted octanol–water partition coefficient (Wildman–Crippen LogP) is 3.28. The quantitative estimate of drug-likeness (QED) is 0.667. The number of anilines is 1. The number of aromatic nitrogens is 5. The predicted molar refractivity (Wildman–Crippen MR) is 99.4 cm³/mol. The lowest BCUT2D eigenvalue weighted by molar-refractivity contribution is -0.113. The zero-order valence-corrected chi connectivity index (χ0v) is 15.8. The van der Waals surface area contributed by atoms with Crippen LogP contribution >= 0.6 is 23.1 Å². The maximum Gasteiger partial charge on any atom is 0.236 e. The van der Waals surface area contributed by atoms with Crippen LogP contribution in [0.25, 0.3) is 5.69 Å². The molecule has 7 nitrogen and oxygen atoms in total. The number of carbonyl (C=O) groups is 1. The number of amides is 1. The van der Waals surface area contributed by atoms with Crippen LogP contribution in [0, 0.1) is 6.92 Å². The van der Waals surface area contributed by atoms with E-state index in [9.17, 15) is 4.79 Å². The third-order valence-corrected chi connectivity index (χ3v) is 5.42. The van der Waals surface area contributed by atoms with Crippen molar-refractivity contribution in [2.45, 2.75) is 31.8 Å². The topological polar surface area (TPSA) is 85.6 Å². The molecule has 0 atom stereocenters. The molecule has 0 aliphatic rings. The van der Waals surface area contributed by atoms with Crippen molar-refractivity contribution in [3.8, 4) is 5.69 Å². The van der Waals surface area contributed by atoms with Crippen LogP contribution in [-0.4, -0.2) is 36.6 Å². The summed E-state index contributed by atoms with van der Waals surface area (Å²) in [5.74, 6) is 0.377. The normalized spacial score (nSPS) is 11.0. The van der Waals surface area contributed by atoms with Crippen LogP contribution in [0.3, 0.4) is 0 Å². The fourth-order valence-corrected chi connectivity index (χ4v) is 3.50. The summed E-state index contributed by atoms with van der Waals surface area (Å²) in [5, 5.41) is 21.0. The number of thioether (sulfide) groups is 1. The number of nitrogens with one attached hydrogen (secondary N) is 1. The van der Waals surface area contributed by atoms with Crippen molar-refractivity contribution >= 4 is 34.1 Å². The Bertz CT molecular complexity index is 856. The standard InChI is InChI=1S/C16H18N6OS2/c1-10(2)14-19-20-15(25-14)18-13(23)8-24-16-21-17-9-22(16)12-6-4-11(3)5-7-12/h4-7,9-10H,8H2,1-3H3,(H,18,20,23). The second kappa shape index (κ2) is 7.75. The molecule has 0 fully saturated rings. The molecule has 0 radical (unpaired) electrons. The summed E-state index contributed by atoms with van der Waals surface area (Å²) in [5.41, 5.74) is 2.15. The number of hydrogen-bond donors (Lipinski definition) is 1. The number of aryl methyl sites for hydroxylation is 1. The molecule has 130 valence electrons. The Morgan fingerprint density at radius 1 is 1.24 bits per heavy atom. The van der Waals surface area contributed by atoms with Gasteiger partial charge in [-0.3, -0.25) is 14.7 Å². The van der Waals surface area contributed by atoms with Gasteiger partial charge in [0.05, 0.1) is 5.75 Å². The van der Waals surface area contributed by atoms with E-state index in [0.717, 1.165) is 10.7 Å². The maximum absolute atomic E-state index is 12.1. The third kappa shape index (κ3) is 4.43. The first-order valence-corrected chi connectivity index (χ1v) is 9.56. The lowest BCUT2D eigenvalue weighted by Gasteiger charge is -2.06. The van der Waals surface area contributed by atoms with Crippen LogP contribution in [0.15, 0.2) is 35.7 Å². The van der Waals surface area contributed by atoms with Crippen molar-refractivity contribution in [2.75, 3.05) is 11.1 Å².